The van der Waals surface area contributed by atoms with Crippen LogP contribution in [0.5, 0.6) is 5.75 Å². The number of aryl methyl sites for hydroxylation is 2. The molecule has 1 atom stereocenters. The molecular formula is C28H32N2O5. The van der Waals surface area contributed by atoms with Crippen LogP contribution in [0, 0.1) is 6.92 Å². The quantitative estimate of drug-likeness (QED) is 0.304. The summed E-state index contributed by atoms with van der Waals surface area (Å²) in [6.07, 6.45) is 1.93. The maximum absolute atomic E-state index is 13.4. The van der Waals surface area contributed by atoms with Crippen molar-refractivity contribution in [3.05, 3.63) is 70.4 Å². The number of aliphatic hydroxyl groups excluding tert-OH is 1. The molecule has 4 rings (SSSR count). The van der Waals surface area contributed by atoms with Crippen LogP contribution in [0.1, 0.15) is 48.1 Å². The number of carbonyl (C=O) groups is 2. The lowest BCUT2D eigenvalue weighted by Gasteiger charge is -2.25. The monoisotopic (exact) mass is 476 g/mol. The lowest BCUT2D eigenvalue weighted by molar-refractivity contribution is -0.140. The highest BCUT2D eigenvalue weighted by molar-refractivity contribution is 6.46. The van der Waals surface area contributed by atoms with Gasteiger partial charge in [0.05, 0.1) is 25.3 Å². The number of fused-ring (bicyclic) bond motifs is 1. The molecule has 0 radical (unpaired) electrons. The van der Waals surface area contributed by atoms with E-state index in [1.54, 1.807) is 14.2 Å². The van der Waals surface area contributed by atoms with Crippen LogP contribution in [0.25, 0.3) is 16.7 Å². The molecule has 3 aromatic rings. The van der Waals surface area contributed by atoms with Crippen molar-refractivity contribution in [2.45, 2.75) is 32.7 Å². The number of ether oxygens (including phenoxy) is 2. The molecule has 35 heavy (non-hydrogen) atoms. The van der Waals surface area contributed by atoms with Crippen LogP contribution >= 0.6 is 0 Å². The first-order valence-electron chi connectivity index (χ1n) is 11.7. The minimum atomic E-state index is -0.736. The molecule has 0 saturated carbocycles. The van der Waals surface area contributed by atoms with E-state index < -0.39 is 17.7 Å². The fourth-order valence-corrected chi connectivity index (χ4v) is 4.94. The molecular weight excluding hydrogens is 444 g/mol. The Labute approximate surface area is 205 Å². The number of Topliss-reactive ketones (excluding diaryl/α,β-unsaturated/α-hetero) is 1. The van der Waals surface area contributed by atoms with Crippen molar-refractivity contribution < 1.29 is 24.2 Å². The number of aromatic nitrogens is 1. The third kappa shape index (κ3) is 4.10. The Bertz CT molecular complexity index is 1330. The molecule has 0 spiro atoms. The summed E-state index contributed by atoms with van der Waals surface area (Å²) in [5, 5.41) is 12.5. The number of likely N-dealkylation sites (tertiary alicyclic amines) is 1. The van der Waals surface area contributed by atoms with E-state index in [1.165, 1.54) is 4.90 Å². The number of nitrogens with zero attached hydrogens (tertiary/aromatic N) is 2. The fourth-order valence-electron chi connectivity index (χ4n) is 4.94. The van der Waals surface area contributed by atoms with Crippen LogP contribution in [0.2, 0.25) is 0 Å². The van der Waals surface area contributed by atoms with Gasteiger partial charge in [0.15, 0.2) is 0 Å². The zero-order valence-corrected chi connectivity index (χ0v) is 21.1. The maximum atomic E-state index is 13.4. The van der Waals surface area contributed by atoms with Gasteiger partial charge in [0, 0.05) is 48.9 Å². The van der Waals surface area contributed by atoms with Gasteiger partial charge >= 0.3 is 0 Å². The topological polar surface area (TPSA) is 81.0 Å². The van der Waals surface area contributed by atoms with Gasteiger partial charge in [-0.25, -0.2) is 0 Å². The molecule has 2 aromatic carbocycles. The predicted octanol–water partition coefficient (Wildman–Crippen LogP) is 4.69. The van der Waals surface area contributed by atoms with E-state index in [9.17, 15) is 14.7 Å². The van der Waals surface area contributed by atoms with Gasteiger partial charge in [0.25, 0.3) is 11.7 Å². The number of rotatable bonds is 7. The summed E-state index contributed by atoms with van der Waals surface area (Å²) in [5.41, 5.74) is 4.03. The second-order valence-corrected chi connectivity index (χ2v) is 9.26. The molecule has 0 bridgehead atoms. The standard InChI is InChI=1S/C28H32N2O5/c1-16(2)19-14-20(17(3)13-23(19)35-6)26(31)24-25(30(11-12-34-5)28(33)27(24)32)21-15-29(4)22-10-8-7-9-18(21)22/h7-10,13-16,25,31H,11-12H2,1-6H3/b26-24+. The highest BCUT2D eigenvalue weighted by Crippen LogP contribution is 2.43. The molecule has 1 aliphatic rings. The normalized spacial score (nSPS) is 17.7. The highest BCUT2D eigenvalue weighted by atomic mass is 16.5. The van der Waals surface area contributed by atoms with Crippen LogP contribution in [-0.4, -0.2) is 53.6 Å². The average Bonchev–Trinajstić information content (AvgIpc) is 3.30. The molecule has 1 saturated heterocycles. The number of hydrogen-bond acceptors (Lipinski definition) is 5. The molecule has 1 unspecified atom stereocenters. The van der Waals surface area contributed by atoms with E-state index in [0.717, 1.165) is 33.3 Å². The van der Waals surface area contributed by atoms with Gasteiger partial charge in [-0.1, -0.05) is 32.0 Å². The molecule has 184 valence electrons. The molecule has 7 heteroatoms. The predicted molar refractivity (Wildman–Crippen MR) is 136 cm³/mol. The van der Waals surface area contributed by atoms with Gasteiger partial charge < -0.3 is 24.0 Å². The van der Waals surface area contributed by atoms with Crippen LogP contribution in [0.3, 0.4) is 0 Å². The summed E-state index contributed by atoms with van der Waals surface area (Å²) in [5.74, 6) is -0.659. The van der Waals surface area contributed by atoms with E-state index in [-0.39, 0.29) is 30.4 Å². The average molecular weight is 477 g/mol. The second kappa shape index (κ2) is 9.58. The molecule has 1 amide bonds. The van der Waals surface area contributed by atoms with E-state index in [0.29, 0.717) is 5.56 Å². The first kappa shape index (κ1) is 24.5. The van der Waals surface area contributed by atoms with Gasteiger partial charge in [-0.2, -0.15) is 0 Å². The number of carbonyl (C=O) groups excluding carboxylic acids is 2. The minimum Gasteiger partial charge on any atom is -0.507 e. The number of amides is 1. The first-order chi connectivity index (χ1) is 16.7. The van der Waals surface area contributed by atoms with Gasteiger partial charge in [0.1, 0.15) is 11.5 Å². The van der Waals surface area contributed by atoms with Gasteiger partial charge in [0.2, 0.25) is 0 Å². The first-order valence-corrected chi connectivity index (χ1v) is 11.7. The molecule has 2 heterocycles. The maximum Gasteiger partial charge on any atom is 0.295 e. The Morgan fingerprint density at radius 2 is 1.86 bits per heavy atom. The Balaban J connectivity index is 1.99. The molecule has 0 aliphatic carbocycles. The second-order valence-electron chi connectivity index (χ2n) is 9.26. The Hall–Kier alpha value is -3.58. The highest BCUT2D eigenvalue weighted by Gasteiger charge is 2.47. The summed E-state index contributed by atoms with van der Waals surface area (Å²) in [4.78, 5) is 28.1. The lowest BCUT2D eigenvalue weighted by atomic mass is 9.91. The van der Waals surface area contributed by atoms with Crippen molar-refractivity contribution in [2.75, 3.05) is 27.4 Å². The SMILES string of the molecule is COCCN1C(=O)C(=O)/C(=C(/O)c2cc(C(C)C)c(OC)cc2C)C1c1cn(C)c2ccccc12. The number of methoxy groups -OCH3 is 2. The van der Waals surface area contributed by atoms with E-state index >= 15 is 0 Å². The summed E-state index contributed by atoms with van der Waals surface area (Å²) in [6, 6.07) is 10.8. The fraction of sp³-hybridized carbons (Fsp3) is 0.357. The number of para-hydroxylation sites is 1. The van der Waals surface area contributed by atoms with Crippen LogP contribution < -0.4 is 4.74 Å². The summed E-state index contributed by atoms with van der Waals surface area (Å²) in [6.45, 7) is 6.43. The number of hydrogen-bond donors (Lipinski definition) is 1. The van der Waals surface area contributed by atoms with Crippen molar-refractivity contribution in [3.8, 4) is 5.75 Å². The number of aliphatic hydroxyl groups is 1. The van der Waals surface area contributed by atoms with E-state index in [4.69, 9.17) is 9.47 Å². The van der Waals surface area contributed by atoms with Crippen LogP contribution in [-0.2, 0) is 21.4 Å². The Morgan fingerprint density at radius 1 is 1.14 bits per heavy atom. The summed E-state index contributed by atoms with van der Waals surface area (Å²) < 4.78 is 12.7. The molecule has 1 aromatic heterocycles. The lowest BCUT2D eigenvalue weighted by Crippen LogP contribution is -2.32. The minimum absolute atomic E-state index is 0.0884. The molecule has 1 fully saturated rings. The third-order valence-electron chi connectivity index (χ3n) is 6.75. The zero-order valence-electron chi connectivity index (χ0n) is 21.1. The van der Waals surface area contributed by atoms with Crippen molar-refractivity contribution in [3.63, 3.8) is 0 Å². The van der Waals surface area contributed by atoms with Crippen LogP contribution in [0.4, 0.5) is 0 Å². The molecule has 7 nitrogen and oxygen atoms in total. The largest absolute Gasteiger partial charge is 0.507 e. The van der Waals surface area contributed by atoms with Crippen molar-refractivity contribution in [2.24, 2.45) is 7.05 Å². The Morgan fingerprint density at radius 3 is 2.51 bits per heavy atom. The number of benzene rings is 2. The van der Waals surface area contributed by atoms with Crippen molar-refractivity contribution >= 4 is 28.4 Å². The molecule has 1 N–H and O–H groups in total. The van der Waals surface area contributed by atoms with Crippen molar-refractivity contribution in [1.82, 2.24) is 9.47 Å². The van der Waals surface area contributed by atoms with Gasteiger partial charge in [-0.3, -0.25) is 9.59 Å². The zero-order chi connectivity index (χ0) is 25.4. The van der Waals surface area contributed by atoms with E-state index in [2.05, 4.69) is 0 Å². The number of ketones is 1. The third-order valence-corrected chi connectivity index (χ3v) is 6.75. The Kier molecular flexibility index (Phi) is 6.72. The smallest absolute Gasteiger partial charge is 0.295 e. The van der Waals surface area contributed by atoms with Gasteiger partial charge in [-0.15, -0.1) is 0 Å². The van der Waals surface area contributed by atoms with E-state index in [1.807, 2.05) is 75.0 Å². The molecule has 1 aliphatic heterocycles. The van der Waals surface area contributed by atoms with Gasteiger partial charge in [-0.05, 0) is 42.2 Å². The van der Waals surface area contributed by atoms with Crippen molar-refractivity contribution in [1.29, 1.82) is 0 Å². The summed E-state index contributed by atoms with van der Waals surface area (Å²) in [7, 11) is 5.09. The van der Waals surface area contributed by atoms with Crippen LogP contribution in [0.15, 0.2) is 48.2 Å². The summed E-state index contributed by atoms with van der Waals surface area (Å²) >= 11 is 0.